The van der Waals surface area contributed by atoms with Gasteiger partial charge >= 0.3 is 0 Å². The number of rotatable bonds is 4. The summed E-state index contributed by atoms with van der Waals surface area (Å²) in [6.07, 6.45) is 0.817. The molecular weight excluding hydrogens is 352 g/mol. The molecule has 5 nitrogen and oxygen atoms in total. The highest BCUT2D eigenvalue weighted by molar-refractivity contribution is 5.98. The van der Waals surface area contributed by atoms with E-state index >= 15 is 0 Å². The number of aromatic nitrogens is 2. The molecular formula is C20H19F2N3O2. The first-order valence-corrected chi connectivity index (χ1v) is 8.65. The van der Waals surface area contributed by atoms with E-state index in [1.165, 1.54) is 13.2 Å². The third-order valence-corrected chi connectivity index (χ3v) is 5.07. The number of nitrogens with one attached hydrogen (secondary N) is 1. The fourth-order valence-electron chi connectivity index (χ4n) is 3.50. The van der Waals surface area contributed by atoms with Crippen molar-refractivity contribution in [3.63, 3.8) is 0 Å². The van der Waals surface area contributed by atoms with E-state index in [0.717, 1.165) is 16.5 Å². The minimum absolute atomic E-state index is 0.260. The zero-order valence-electron chi connectivity index (χ0n) is 15.2. The number of alkyl halides is 1. The second-order valence-corrected chi connectivity index (χ2v) is 6.78. The Balaban J connectivity index is 1.81. The van der Waals surface area contributed by atoms with Gasteiger partial charge in [-0.2, -0.15) is 0 Å². The number of aryl methyl sites for hydroxylation is 2. The second-order valence-electron chi connectivity index (χ2n) is 6.78. The first kappa shape index (κ1) is 17.5. The van der Waals surface area contributed by atoms with Crippen molar-refractivity contribution in [1.82, 2.24) is 9.55 Å². The number of ether oxygens (including phenoxy) is 1. The molecule has 0 bridgehead atoms. The van der Waals surface area contributed by atoms with Crippen molar-refractivity contribution in [2.75, 3.05) is 12.4 Å². The Labute approximate surface area is 155 Å². The lowest BCUT2D eigenvalue weighted by atomic mass is 10.0. The molecule has 3 aromatic rings. The molecule has 2 atom stereocenters. The van der Waals surface area contributed by atoms with Gasteiger partial charge in [0.1, 0.15) is 23.6 Å². The standard InChI is InChI=1S/C20H19F2N3O2/c1-10-11-8-17(24-20(26)12-7-14(12)22)23-9-15(11)25(2)19(10)18-13(21)5-4-6-16(18)27-3/h4-6,8-9,12,14H,7H2,1-3H3,(H,23,24,26). The van der Waals surface area contributed by atoms with Crippen LogP contribution in [0.1, 0.15) is 12.0 Å². The van der Waals surface area contributed by atoms with E-state index in [0.29, 0.717) is 22.8 Å². The van der Waals surface area contributed by atoms with Crippen LogP contribution in [0.4, 0.5) is 14.6 Å². The smallest absolute Gasteiger partial charge is 0.231 e. The second kappa shape index (κ2) is 6.33. The maximum atomic E-state index is 14.6. The average Bonchev–Trinajstić information content (AvgIpc) is 3.34. The van der Waals surface area contributed by atoms with Crippen molar-refractivity contribution >= 4 is 22.6 Å². The molecule has 1 aromatic carbocycles. The largest absolute Gasteiger partial charge is 0.496 e. The molecule has 4 rings (SSSR count). The Morgan fingerprint density at radius 2 is 2.15 bits per heavy atom. The predicted molar refractivity (Wildman–Crippen MR) is 99.0 cm³/mol. The van der Waals surface area contributed by atoms with E-state index in [2.05, 4.69) is 10.3 Å². The molecule has 1 aliphatic rings. The van der Waals surface area contributed by atoms with Gasteiger partial charge in [0.15, 0.2) is 0 Å². The summed E-state index contributed by atoms with van der Waals surface area (Å²) < 4.78 is 34.9. The minimum atomic E-state index is -1.06. The first-order valence-electron chi connectivity index (χ1n) is 8.65. The fraction of sp³-hybridized carbons (Fsp3) is 0.300. The SMILES string of the molecule is COc1cccc(F)c1-c1c(C)c2cc(NC(=O)C3CC3F)ncc2n1C. The van der Waals surface area contributed by atoms with Gasteiger partial charge in [-0.25, -0.2) is 13.8 Å². The maximum absolute atomic E-state index is 14.6. The zero-order valence-corrected chi connectivity index (χ0v) is 15.2. The highest BCUT2D eigenvalue weighted by atomic mass is 19.1. The number of hydrogen-bond acceptors (Lipinski definition) is 3. The summed E-state index contributed by atoms with van der Waals surface area (Å²) >= 11 is 0. The number of methoxy groups -OCH3 is 1. The number of fused-ring (bicyclic) bond motifs is 1. The topological polar surface area (TPSA) is 56.1 Å². The third-order valence-electron chi connectivity index (χ3n) is 5.07. The molecule has 0 aliphatic heterocycles. The van der Waals surface area contributed by atoms with Gasteiger partial charge in [-0.15, -0.1) is 0 Å². The van der Waals surface area contributed by atoms with E-state index in [9.17, 15) is 13.6 Å². The normalized spacial score (nSPS) is 18.6. The zero-order chi connectivity index (χ0) is 19.3. The molecule has 27 heavy (non-hydrogen) atoms. The maximum Gasteiger partial charge on any atom is 0.231 e. The van der Waals surface area contributed by atoms with Crippen LogP contribution in [-0.4, -0.2) is 28.7 Å². The number of amides is 1. The summed E-state index contributed by atoms with van der Waals surface area (Å²) in [4.78, 5) is 16.2. The van der Waals surface area contributed by atoms with E-state index in [4.69, 9.17) is 4.74 Å². The van der Waals surface area contributed by atoms with Gasteiger partial charge < -0.3 is 14.6 Å². The Hall–Kier alpha value is -2.96. The fourth-order valence-corrected chi connectivity index (χ4v) is 3.50. The Morgan fingerprint density at radius 3 is 2.81 bits per heavy atom. The van der Waals surface area contributed by atoms with Gasteiger partial charge in [-0.05, 0) is 37.1 Å². The molecule has 2 unspecified atom stereocenters. The van der Waals surface area contributed by atoms with E-state index < -0.39 is 12.1 Å². The lowest BCUT2D eigenvalue weighted by Gasteiger charge is -2.12. The van der Waals surface area contributed by atoms with Gasteiger partial charge in [0, 0.05) is 12.4 Å². The number of hydrogen-bond donors (Lipinski definition) is 1. The number of anilines is 1. The number of carbonyl (C=O) groups is 1. The molecule has 1 aliphatic carbocycles. The molecule has 2 heterocycles. The first-order chi connectivity index (χ1) is 12.9. The number of benzene rings is 1. The van der Waals surface area contributed by atoms with Gasteiger partial charge in [0.05, 0.1) is 36.0 Å². The molecule has 0 radical (unpaired) electrons. The highest BCUT2D eigenvalue weighted by Gasteiger charge is 2.43. The Bertz CT molecular complexity index is 1060. The quantitative estimate of drug-likeness (QED) is 0.754. The summed E-state index contributed by atoms with van der Waals surface area (Å²) in [6, 6.07) is 6.43. The van der Waals surface area contributed by atoms with Gasteiger partial charge in [0.25, 0.3) is 0 Å². The van der Waals surface area contributed by atoms with Crippen molar-refractivity contribution in [2.45, 2.75) is 19.5 Å². The lowest BCUT2D eigenvalue weighted by Crippen LogP contribution is -2.15. The van der Waals surface area contributed by atoms with Crippen molar-refractivity contribution < 1.29 is 18.3 Å². The molecule has 1 amide bonds. The molecule has 1 saturated carbocycles. The molecule has 7 heteroatoms. The van der Waals surface area contributed by atoms with Gasteiger partial charge in [-0.3, -0.25) is 4.79 Å². The summed E-state index contributed by atoms with van der Waals surface area (Å²) in [5.74, 6) is -0.537. The van der Waals surface area contributed by atoms with Crippen LogP contribution in [0.5, 0.6) is 5.75 Å². The van der Waals surface area contributed by atoms with Crippen LogP contribution in [0.25, 0.3) is 22.2 Å². The number of halogens is 2. The lowest BCUT2D eigenvalue weighted by molar-refractivity contribution is -0.117. The summed E-state index contributed by atoms with van der Waals surface area (Å²) in [7, 11) is 3.33. The van der Waals surface area contributed by atoms with Gasteiger partial charge in [-0.1, -0.05) is 6.07 Å². The Morgan fingerprint density at radius 1 is 1.41 bits per heavy atom. The van der Waals surface area contributed by atoms with Crippen LogP contribution < -0.4 is 10.1 Å². The number of carbonyl (C=O) groups excluding carboxylic acids is 1. The molecule has 140 valence electrons. The van der Waals surface area contributed by atoms with Crippen LogP contribution in [-0.2, 0) is 11.8 Å². The van der Waals surface area contributed by atoms with Crippen molar-refractivity contribution in [3.8, 4) is 17.0 Å². The monoisotopic (exact) mass is 371 g/mol. The molecule has 0 saturated heterocycles. The highest BCUT2D eigenvalue weighted by Crippen LogP contribution is 2.39. The van der Waals surface area contributed by atoms with Crippen LogP contribution in [0, 0.1) is 18.7 Å². The van der Waals surface area contributed by atoms with Crippen molar-refractivity contribution in [3.05, 3.63) is 41.8 Å². The van der Waals surface area contributed by atoms with Crippen LogP contribution in [0.2, 0.25) is 0 Å². The average molecular weight is 371 g/mol. The van der Waals surface area contributed by atoms with Crippen molar-refractivity contribution in [2.24, 2.45) is 13.0 Å². The van der Waals surface area contributed by atoms with Gasteiger partial charge in [0.2, 0.25) is 5.91 Å². The number of pyridine rings is 1. The van der Waals surface area contributed by atoms with E-state index in [-0.39, 0.29) is 18.1 Å². The summed E-state index contributed by atoms with van der Waals surface area (Å²) in [5.41, 5.74) is 2.68. The molecule has 1 N–H and O–H groups in total. The Kier molecular flexibility index (Phi) is 4.09. The molecule has 0 spiro atoms. The van der Waals surface area contributed by atoms with Crippen LogP contribution >= 0.6 is 0 Å². The van der Waals surface area contributed by atoms with E-state index in [1.54, 1.807) is 24.4 Å². The summed E-state index contributed by atoms with van der Waals surface area (Å²) in [6.45, 7) is 1.88. The molecule has 2 aromatic heterocycles. The predicted octanol–water partition coefficient (Wildman–Crippen LogP) is 3.99. The summed E-state index contributed by atoms with van der Waals surface area (Å²) in [5, 5.41) is 3.49. The van der Waals surface area contributed by atoms with Crippen LogP contribution in [0.15, 0.2) is 30.5 Å². The third kappa shape index (κ3) is 2.83. The van der Waals surface area contributed by atoms with E-state index in [1.807, 2.05) is 18.5 Å². The minimum Gasteiger partial charge on any atom is -0.496 e. The van der Waals surface area contributed by atoms with Crippen molar-refractivity contribution in [1.29, 1.82) is 0 Å². The number of nitrogens with zero attached hydrogens (tertiary/aromatic N) is 2. The van der Waals surface area contributed by atoms with Crippen LogP contribution in [0.3, 0.4) is 0 Å². The molecule has 1 fully saturated rings.